The van der Waals surface area contributed by atoms with Gasteiger partial charge in [-0.05, 0) is 82.9 Å². The Hall–Kier alpha value is -4.07. The zero-order valence-electron chi connectivity index (χ0n) is 27.8. The van der Waals surface area contributed by atoms with Crippen LogP contribution in [0.15, 0.2) is 42.5 Å². The number of sulfone groups is 1. The highest BCUT2D eigenvalue weighted by Gasteiger charge is 2.32. The van der Waals surface area contributed by atoms with Crippen molar-refractivity contribution in [2.45, 2.75) is 70.2 Å². The number of nitrogen functional groups attached to an aromatic ring is 1. The van der Waals surface area contributed by atoms with E-state index in [1.165, 1.54) is 38.1 Å². The number of pyridine rings is 1. The van der Waals surface area contributed by atoms with Crippen LogP contribution < -0.4 is 11.1 Å². The van der Waals surface area contributed by atoms with Crippen LogP contribution in [0.5, 0.6) is 0 Å². The Kier molecular flexibility index (Phi) is 11.8. The third-order valence-electron chi connectivity index (χ3n) is 7.22. The van der Waals surface area contributed by atoms with Gasteiger partial charge < -0.3 is 15.8 Å². The van der Waals surface area contributed by atoms with E-state index in [-0.39, 0.29) is 69.7 Å². The monoisotopic (exact) mass is 759 g/mol. The number of nitrogens with two attached hydrogens (primary N) is 1. The molecule has 1 amide bonds. The number of amides is 1. The summed E-state index contributed by atoms with van der Waals surface area (Å²) in [4.78, 5) is 17.8. The second-order valence-corrected chi connectivity index (χ2v) is 15.8. The van der Waals surface area contributed by atoms with Crippen LogP contribution in [-0.2, 0) is 27.5 Å². The summed E-state index contributed by atoms with van der Waals surface area (Å²) >= 11 is 6.38. The van der Waals surface area contributed by atoms with Crippen molar-refractivity contribution < 1.29 is 39.9 Å². The van der Waals surface area contributed by atoms with Gasteiger partial charge in [-0.25, -0.2) is 27.0 Å². The summed E-state index contributed by atoms with van der Waals surface area (Å²) in [5.41, 5.74) is 5.32. The fourth-order valence-electron chi connectivity index (χ4n) is 4.79. The maximum atomic E-state index is 14.3. The molecule has 4 aromatic rings. The van der Waals surface area contributed by atoms with Gasteiger partial charge in [0.1, 0.15) is 34.2 Å². The average Bonchev–Trinajstić information content (AvgIpc) is 3.24. The molecule has 0 radical (unpaired) electrons. The molecule has 17 heteroatoms. The highest BCUT2D eigenvalue weighted by Crippen LogP contribution is 2.40. The summed E-state index contributed by atoms with van der Waals surface area (Å²) in [7, 11) is -3.65. The third-order valence-corrected chi connectivity index (χ3v) is 9.49. The molecule has 0 aliphatic heterocycles. The van der Waals surface area contributed by atoms with Crippen molar-refractivity contribution in [2.24, 2.45) is 0 Å². The minimum atomic E-state index is -4.71. The molecular formula is C33H35ClF5N5O4S2. The van der Waals surface area contributed by atoms with Gasteiger partial charge in [-0.3, -0.25) is 4.68 Å². The van der Waals surface area contributed by atoms with E-state index in [4.69, 9.17) is 22.1 Å². The molecule has 2 heterocycles. The number of ether oxygens (including phenoxy) is 1. The molecule has 0 aliphatic carbocycles. The van der Waals surface area contributed by atoms with Crippen LogP contribution in [0, 0.1) is 23.5 Å². The van der Waals surface area contributed by atoms with E-state index in [0.717, 1.165) is 18.4 Å². The van der Waals surface area contributed by atoms with Crippen molar-refractivity contribution in [1.29, 1.82) is 0 Å². The number of hydrogen-bond donors (Lipinski definition) is 2. The molecule has 0 aliphatic rings. The van der Waals surface area contributed by atoms with Crippen LogP contribution in [0.3, 0.4) is 0 Å². The molecule has 0 saturated carbocycles. The lowest BCUT2D eigenvalue weighted by Gasteiger charge is -2.25. The van der Waals surface area contributed by atoms with Gasteiger partial charge in [0.15, 0.2) is 15.7 Å². The number of benzene rings is 2. The largest absolute Gasteiger partial charge is 0.444 e. The average molecular weight is 760 g/mol. The number of hydrogen-bond acceptors (Lipinski definition) is 7. The Labute approximate surface area is 298 Å². The van der Waals surface area contributed by atoms with E-state index in [0.29, 0.717) is 10.7 Å². The lowest BCUT2D eigenvalue weighted by atomic mass is 9.93. The molecular weight excluding hydrogens is 725 g/mol. The van der Waals surface area contributed by atoms with Crippen molar-refractivity contribution in [3.63, 3.8) is 0 Å². The van der Waals surface area contributed by atoms with Gasteiger partial charge in [-0.2, -0.15) is 31.8 Å². The molecule has 3 N–H and O–H groups in total. The number of nitrogens with one attached hydrogen (secondary N) is 1. The molecule has 2 aromatic carbocycles. The van der Waals surface area contributed by atoms with Crippen molar-refractivity contribution in [2.75, 3.05) is 12.0 Å². The molecule has 270 valence electrons. The quantitative estimate of drug-likeness (QED) is 0.150. The molecule has 9 nitrogen and oxygen atoms in total. The summed E-state index contributed by atoms with van der Waals surface area (Å²) in [6, 6.07) is 7.21. The minimum absolute atomic E-state index is 0. The lowest BCUT2D eigenvalue weighted by molar-refractivity contribution is -0.141. The first-order chi connectivity index (χ1) is 22.4. The number of halogens is 6. The Morgan fingerprint density at radius 1 is 1.04 bits per heavy atom. The standard InChI is InChI=1S/C33H33ClF5N5O4S.H2S/c1-31(2,3)48-30(45)42-25(15-18-13-19(35)16-20(36)14-18)27-22(8-7-21(41-27)11-12-32(4,5)49(6,46)47)23-9-10-24(34)26-28(23)44(43-29(26)40)17-33(37,38)39;/h7-10,13-14,16,25H,15,17H2,1-6H3,(H2,40,43)(H,42,45);1H2/t25-;/m0./s1. The Morgan fingerprint density at radius 2 is 1.64 bits per heavy atom. The number of carbonyl (C=O) groups excluding carboxylic acids is 1. The number of alkyl carbamates (subject to hydrolysis) is 1. The molecule has 50 heavy (non-hydrogen) atoms. The summed E-state index contributed by atoms with van der Waals surface area (Å²) in [5.74, 6) is 3.32. The number of nitrogens with zero attached hydrogens (tertiary/aromatic N) is 3. The molecule has 0 saturated heterocycles. The molecule has 0 spiro atoms. The number of aromatic nitrogens is 3. The summed E-state index contributed by atoms with van der Waals surface area (Å²) in [6.45, 7) is 6.11. The molecule has 0 unspecified atom stereocenters. The summed E-state index contributed by atoms with van der Waals surface area (Å²) in [5, 5.41) is 6.59. The van der Waals surface area contributed by atoms with Crippen molar-refractivity contribution in [3.05, 3.63) is 76.1 Å². The lowest BCUT2D eigenvalue weighted by Crippen LogP contribution is -2.36. The van der Waals surface area contributed by atoms with E-state index >= 15 is 0 Å². The Balaban J connectivity index is 0.00000676. The summed E-state index contributed by atoms with van der Waals surface area (Å²) < 4.78 is 99.0. The second kappa shape index (κ2) is 14.7. The van der Waals surface area contributed by atoms with E-state index in [2.05, 4.69) is 27.2 Å². The predicted molar refractivity (Wildman–Crippen MR) is 187 cm³/mol. The van der Waals surface area contributed by atoms with E-state index in [9.17, 15) is 35.2 Å². The van der Waals surface area contributed by atoms with Crippen molar-refractivity contribution in [1.82, 2.24) is 20.1 Å². The van der Waals surface area contributed by atoms with Crippen LogP contribution in [-0.4, -0.2) is 52.1 Å². The summed E-state index contributed by atoms with van der Waals surface area (Å²) in [6.07, 6.45) is -4.91. The zero-order valence-corrected chi connectivity index (χ0v) is 30.3. The van der Waals surface area contributed by atoms with Crippen LogP contribution in [0.2, 0.25) is 5.02 Å². The first kappa shape index (κ1) is 40.4. The number of carbonyl (C=O) groups is 1. The molecule has 0 bridgehead atoms. The van der Waals surface area contributed by atoms with E-state index in [1.807, 2.05) is 0 Å². The SMILES string of the molecule is CC(C)(C)OC(=O)N[C@@H](Cc1cc(F)cc(F)c1)c1nc(C#CC(C)(C)S(C)(=O)=O)ccc1-c1ccc(Cl)c2c(N)nn(CC(F)(F)F)c12.S. The zero-order chi connectivity index (χ0) is 36.7. The van der Waals surface area contributed by atoms with Crippen LogP contribution in [0.1, 0.15) is 57.6 Å². The van der Waals surface area contributed by atoms with Crippen molar-refractivity contribution in [3.8, 4) is 23.0 Å². The first-order valence-electron chi connectivity index (χ1n) is 14.6. The number of anilines is 1. The maximum absolute atomic E-state index is 14.3. The molecule has 2 aromatic heterocycles. The first-order valence-corrected chi connectivity index (χ1v) is 16.9. The second-order valence-electron chi connectivity index (χ2n) is 12.8. The van der Waals surface area contributed by atoms with Gasteiger partial charge in [-0.15, -0.1) is 0 Å². The Morgan fingerprint density at radius 3 is 2.20 bits per heavy atom. The van der Waals surface area contributed by atoms with Crippen molar-refractivity contribution >= 4 is 57.7 Å². The van der Waals surface area contributed by atoms with Gasteiger partial charge in [-0.1, -0.05) is 23.6 Å². The highest BCUT2D eigenvalue weighted by atomic mass is 35.5. The number of alkyl halides is 3. The van der Waals surface area contributed by atoms with Gasteiger partial charge in [0.25, 0.3) is 0 Å². The van der Waals surface area contributed by atoms with Crippen LogP contribution >= 0.6 is 25.1 Å². The van der Waals surface area contributed by atoms with E-state index in [1.54, 1.807) is 20.8 Å². The normalized spacial score (nSPS) is 12.9. The maximum Gasteiger partial charge on any atom is 0.408 e. The highest BCUT2D eigenvalue weighted by molar-refractivity contribution is 7.92. The third kappa shape index (κ3) is 9.79. The fraction of sp³-hybridized carbons (Fsp3) is 0.364. The smallest absolute Gasteiger partial charge is 0.408 e. The number of rotatable bonds is 7. The Bertz CT molecular complexity index is 2080. The van der Waals surface area contributed by atoms with E-state index < -0.39 is 56.7 Å². The molecule has 1 atom stereocenters. The number of fused-ring (bicyclic) bond motifs is 1. The fourth-order valence-corrected chi connectivity index (χ4v) is 5.27. The molecule has 0 fully saturated rings. The van der Waals surface area contributed by atoms with Crippen LogP contribution in [0.25, 0.3) is 22.0 Å². The van der Waals surface area contributed by atoms with Gasteiger partial charge in [0.2, 0.25) is 0 Å². The minimum Gasteiger partial charge on any atom is -0.444 e. The van der Waals surface area contributed by atoms with Gasteiger partial charge >= 0.3 is 12.3 Å². The molecule has 4 rings (SSSR count). The predicted octanol–water partition coefficient (Wildman–Crippen LogP) is 7.27. The van der Waals surface area contributed by atoms with Gasteiger partial charge in [0, 0.05) is 23.4 Å². The van der Waals surface area contributed by atoms with Crippen LogP contribution in [0.4, 0.5) is 32.6 Å². The topological polar surface area (TPSA) is 129 Å². The van der Waals surface area contributed by atoms with Gasteiger partial charge in [0.05, 0.1) is 27.7 Å².